The summed E-state index contributed by atoms with van der Waals surface area (Å²) in [6, 6.07) is 6.57. The van der Waals surface area contributed by atoms with Crippen molar-refractivity contribution in [2.45, 2.75) is 19.9 Å². The lowest BCUT2D eigenvalue weighted by Gasteiger charge is -2.10. The lowest BCUT2D eigenvalue weighted by Crippen LogP contribution is -2.21. The van der Waals surface area contributed by atoms with E-state index >= 15 is 0 Å². The lowest BCUT2D eigenvalue weighted by molar-refractivity contribution is 0.0827. The van der Waals surface area contributed by atoms with E-state index in [1.165, 1.54) is 18.6 Å². The summed E-state index contributed by atoms with van der Waals surface area (Å²) in [7, 11) is 7.88. The number of rotatable bonds is 2. The zero-order valence-electron chi connectivity index (χ0n) is 10.2. The monoisotopic (exact) mass is 221 g/mol. The van der Waals surface area contributed by atoms with Crippen LogP contribution >= 0.6 is 0 Å². The second-order valence-electron chi connectivity index (χ2n) is 3.44. The number of halogens is 1. The summed E-state index contributed by atoms with van der Waals surface area (Å²) in [4.78, 5) is 13.0. The van der Waals surface area contributed by atoms with E-state index in [0.29, 0.717) is 11.1 Å². The molecule has 1 aromatic carbocycles. The average Bonchev–Trinajstić information content (AvgIpc) is 2.30. The van der Waals surface area contributed by atoms with Crippen LogP contribution in [0, 0.1) is 0 Å². The van der Waals surface area contributed by atoms with Gasteiger partial charge in [-0.15, -0.1) is 0 Å². The van der Waals surface area contributed by atoms with Crippen molar-refractivity contribution in [3.05, 3.63) is 35.4 Å². The van der Waals surface area contributed by atoms with Crippen LogP contribution in [0.15, 0.2) is 24.3 Å². The number of carbonyl (C=O) groups excluding carboxylic acids is 1. The highest BCUT2D eigenvalue weighted by Crippen LogP contribution is 2.16. The Bertz CT molecular complexity index is 322. The Morgan fingerprint density at radius 3 is 2.00 bits per heavy atom. The molecule has 2 radical (unpaired) electrons. The van der Waals surface area contributed by atoms with Gasteiger partial charge in [0.15, 0.2) is 0 Å². The van der Waals surface area contributed by atoms with E-state index < -0.39 is 6.17 Å². The summed E-state index contributed by atoms with van der Waals surface area (Å²) in [5.41, 5.74) is 1.18. The van der Waals surface area contributed by atoms with Crippen LogP contribution in [0.5, 0.6) is 0 Å². The summed E-state index contributed by atoms with van der Waals surface area (Å²) in [6.45, 7) is 2.97. The van der Waals surface area contributed by atoms with Gasteiger partial charge >= 0.3 is 0 Å². The van der Waals surface area contributed by atoms with Gasteiger partial charge < -0.3 is 4.90 Å². The Morgan fingerprint density at radius 1 is 1.25 bits per heavy atom. The molecule has 1 atom stereocenters. The molecule has 2 nitrogen and oxygen atoms in total. The summed E-state index contributed by atoms with van der Waals surface area (Å²) >= 11 is 0. The highest BCUT2D eigenvalue weighted by atomic mass is 19.1. The van der Waals surface area contributed by atoms with Gasteiger partial charge in [0.05, 0.1) is 7.85 Å². The van der Waals surface area contributed by atoms with E-state index in [4.69, 9.17) is 0 Å². The Hall–Kier alpha value is -1.32. The van der Waals surface area contributed by atoms with Crippen LogP contribution in [0.2, 0.25) is 6.82 Å². The first-order valence-electron chi connectivity index (χ1n) is 5.06. The van der Waals surface area contributed by atoms with Gasteiger partial charge in [0.2, 0.25) is 0 Å². The van der Waals surface area contributed by atoms with Crippen molar-refractivity contribution >= 4 is 13.8 Å². The molecule has 0 heterocycles. The summed E-state index contributed by atoms with van der Waals surface area (Å²) in [5.74, 6) is -0.0666. The fraction of sp³-hybridized carbons (Fsp3) is 0.417. The van der Waals surface area contributed by atoms with Gasteiger partial charge in [-0.1, -0.05) is 19.0 Å². The van der Waals surface area contributed by atoms with Crippen LogP contribution in [-0.4, -0.2) is 32.7 Å². The zero-order valence-corrected chi connectivity index (χ0v) is 10.2. The average molecular weight is 221 g/mol. The molecule has 16 heavy (non-hydrogen) atoms. The number of hydrogen-bond acceptors (Lipinski definition) is 1. The molecule has 0 spiro atoms. The maximum absolute atomic E-state index is 12.8. The Morgan fingerprint density at radius 2 is 1.69 bits per heavy atom. The molecule has 0 N–H and O–H groups in total. The number of alkyl halides is 1. The van der Waals surface area contributed by atoms with E-state index in [1.807, 2.05) is 0 Å². The van der Waals surface area contributed by atoms with Crippen molar-refractivity contribution in [2.75, 3.05) is 14.1 Å². The predicted octanol–water partition coefficient (Wildman–Crippen LogP) is 2.62. The molecule has 1 rings (SSSR count). The minimum absolute atomic E-state index is 0.0666. The SMILES string of the molecule is C[C@H](F)c1ccc(C(=O)N(C)C)cc1.[B]C. The highest BCUT2D eigenvalue weighted by Gasteiger charge is 2.08. The molecule has 1 amide bonds. The summed E-state index contributed by atoms with van der Waals surface area (Å²) < 4.78 is 12.8. The van der Waals surface area contributed by atoms with Crippen LogP contribution in [0.3, 0.4) is 0 Å². The maximum Gasteiger partial charge on any atom is 0.253 e. The lowest BCUT2D eigenvalue weighted by atomic mass is 10.1. The smallest absolute Gasteiger partial charge is 0.253 e. The van der Waals surface area contributed by atoms with Crippen LogP contribution < -0.4 is 0 Å². The standard InChI is InChI=1S/C11H14FNO.CH3B/c1-8(12)9-4-6-10(7-5-9)11(14)13(2)3;1-2/h4-8H,1-3H3;1H3/t8-;/m0./s1. The zero-order chi connectivity index (χ0) is 12.7. The van der Waals surface area contributed by atoms with Gasteiger partial charge in [-0.2, -0.15) is 0 Å². The molecule has 0 aliphatic heterocycles. The molecule has 0 aliphatic carbocycles. The van der Waals surface area contributed by atoms with Crippen molar-refractivity contribution in [1.82, 2.24) is 4.90 Å². The molecule has 0 aliphatic rings. The van der Waals surface area contributed by atoms with Gasteiger partial charge in [0.25, 0.3) is 5.91 Å². The van der Waals surface area contributed by atoms with Gasteiger partial charge in [-0.05, 0) is 24.6 Å². The third-order valence-corrected chi connectivity index (χ3v) is 2.02. The summed E-state index contributed by atoms with van der Waals surface area (Å²) in [6.07, 6.45) is -0.987. The first kappa shape index (κ1) is 14.7. The Balaban J connectivity index is 0.00000106. The van der Waals surface area contributed by atoms with Crippen LogP contribution in [0.1, 0.15) is 29.0 Å². The number of nitrogens with zero attached hydrogens (tertiary/aromatic N) is 1. The number of amides is 1. The van der Waals surface area contributed by atoms with Gasteiger partial charge in [-0.25, -0.2) is 4.39 Å². The molecule has 0 aromatic heterocycles. The molecular formula is C12H17BFNO. The molecule has 0 bridgehead atoms. The van der Waals surface area contributed by atoms with E-state index in [1.54, 1.807) is 38.4 Å². The molecule has 0 saturated carbocycles. The summed E-state index contributed by atoms with van der Waals surface area (Å²) in [5, 5.41) is 0. The minimum atomic E-state index is -0.987. The second kappa shape index (κ2) is 7.04. The minimum Gasteiger partial charge on any atom is -0.345 e. The topological polar surface area (TPSA) is 20.3 Å². The van der Waals surface area contributed by atoms with Crippen LogP contribution in [0.25, 0.3) is 0 Å². The number of hydrogen-bond donors (Lipinski definition) is 0. The second-order valence-corrected chi connectivity index (χ2v) is 3.44. The predicted molar refractivity (Wildman–Crippen MR) is 65.6 cm³/mol. The van der Waals surface area contributed by atoms with Crippen molar-refractivity contribution in [1.29, 1.82) is 0 Å². The van der Waals surface area contributed by atoms with Crippen LogP contribution in [-0.2, 0) is 0 Å². The molecule has 86 valence electrons. The van der Waals surface area contributed by atoms with E-state index in [9.17, 15) is 9.18 Å². The molecule has 0 unspecified atom stereocenters. The first-order valence-corrected chi connectivity index (χ1v) is 5.06. The highest BCUT2D eigenvalue weighted by molar-refractivity contribution is 6.05. The van der Waals surface area contributed by atoms with Crippen molar-refractivity contribution in [3.63, 3.8) is 0 Å². The quantitative estimate of drug-likeness (QED) is 0.703. The molecular weight excluding hydrogens is 204 g/mol. The third kappa shape index (κ3) is 4.05. The van der Waals surface area contributed by atoms with Crippen molar-refractivity contribution in [3.8, 4) is 0 Å². The number of benzene rings is 1. The first-order chi connectivity index (χ1) is 7.52. The number of carbonyl (C=O) groups is 1. The molecule has 0 saturated heterocycles. The third-order valence-electron chi connectivity index (χ3n) is 2.02. The fourth-order valence-corrected chi connectivity index (χ4v) is 1.15. The maximum atomic E-state index is 12.8. The molecule has 4 heteroatoms. The Kier molecular flexibility index (Phi) is 6.46. The fourth-order valence-electron chi connectivity index (χ4n) is 1.15. The van der Waals surface area contributed by atoms with Gasteiger partial charge in [0, 0.05) is 19.7 Å². The van der Waals surface area contributed by atoms with Crippen molar-refractivity contribution < 1.29 is 9.18 Å². The van der Waals surface area contributed by atoms with Gasteiger partial charge in [0.1, 0.15) is 6.17 Å². The normalized spacial score (nSPS) is 11.1. The van der Waals surface area contributed by atoms with E-state index in [2.05, 4.69) is 7.85 Å². The van der Waals surface area contributed by atoms with E-state index in [0.717, 1.165) is 0 Å². The van der Waals surface area contributed by atoms with Crippen LogP contribution in [0.4, 0.5) is 4.39 Å². The Labute approximate surface area is 97.9 Å². The largest absolute Gasteiger partial charge is 0.345 e. The molecule has 1 aromatic rings. The van der Waals surface area contributed by atoms with Gasteiger partial charge in [-0.3, -0.25) is 4.79 Å². The molecule has 0 fully saturated rings. The van der Waals surface area contributed by atoms with Crippen molar-refractivity contribution in [2.24, 2.45) is 0 Å². The van der Waals surface area contributed by atoms with E-state index in [-0.39, 0.29) is 5.91 Å².